The van der Waals surface area contributed by atoms with Gasteiger partial charge in [0.05, 0.1) is 5.92 Å². The molecule has 2 nitrogen and oxygen atoms in total. The van der Waals surface area contributed by atoms with Crippen molar-refractivity contribution in [2.45, 2.75) is 18.8 Å². The van der Waals surface area contributed by atoms with Gasteiger partial charge in [-0.25, -0.2) is 4.39 Å². The minimum Gasteiger partial charge on any atom is -0.356 e. The number of amides is 1. The monoisotopic (exact) mass is 185 g/mol. The Hall–Kier alpha value is -0.810. The van der Waals surface area contributed by atoms with Gasteiger partial charge in [-0.1, -0.05) is 0 Å². The quantitative estimate of drug-likeness (QED) is 0.607. The predicted molar refractivity (Wildman–Crippen MR) is 32.1 cm³/mol. The fraction of sp³-hybridized carbons (Fsp3) is 0.833. The molecule has 0 spiro atoms. The first-order chi connectivity index (χ1) is 5.43. The Bertz CT molecular complexity index is 190. The number of carbonyl (C=O) groups excluding carboxylic acids is 1. The van der Waals surface area contributed by atoms with Crippen LogP contribution in [0.15, 0.2) is 0 Å². The van der Waals surface area contributed by atoms with Gasteiger partial charge in [0, 0.05) is 6.54 Å². The molecule has 1 saturated heterocycles. The highest BCUT2D eigenvalue weighted by molar-refractivity contribution is 5.81. The Labute approximate surface area is 65.9 Å². The largest absolute Gasteiger partial charge is 0.420 e. The van der Waals surface area contributed by atoms with Crippen LogP contribution in [0.25, 0.3) is 0 Å². The van der Waals surface area contributed by atoms with Gasteiger partial charge in [-0.15, -0.1) is 0 Å². The van der Waals surface area contributed by atoms with E-state index in [1.165, 1.54) is 0 Å². The van der Waals surface area contributed by atoms with E-state index in [9.17, 15) is 22.4 Å². The van der Waals surface area contributed by atoms with Crippen LogP contribution in [-0.4, -0.2) is 24.8 Å². The molecule has 1 amide bonds. The van der Waals surface area contributed by atoms with Crippen molar-refractivity contribution < 1.29 is 22.4 Å². The van der Waals surface area contributed by atoms with Crippen molar-refractivity contribution in [2.24, 2.45) is 5.92 Å². The normalized spacial score (nSPS) is 27.0. The predicted octanol–water partition coefficient (Wildman–Crippen LogP) is 1.02. The Kier molecular flexibility index (Phi) is 2.25. The van der Waals surface area contributed by atoms with Crippen molar-refractivity contribution in [2.75, 3.05) is 6.54 Å². The van der Waals surface area contributed by atoms with E-state index in [1.54, 1.807) is 0 Å². The van der Waals surface area contributed by atoms with Gasteiger partial charge in [0.25, 0.3) is 0 Å². The Morgan fingerprint density at radius 1 is 1.50 bits per heavy atom. The van der Waals surface area contributed by atoms with E-state index < -0.39 is 24.2 Å². The average Bonchev–Trinajstić information content (AvgIpc) is 2.31. The van der Waals surface area contributed by atoms with E-state index in [-0.39, 0.29) is 13.0 Å². The van der Waals surface area contributed by atoms with E-state index in [0.717, 1.165) is 0 Å². The molecule has 6 heteroatoms. The second-order valence-corrected chi connectivity index (χ2v) is 2.63. The molecule has 70 valence electrons. The average molecular weight is 185 g/mol. The maximum Gasteiger partial charge on any atom is 0.420 e. The third-order valence-corrected chi connectivity index (χ3v) is 1.76. The Morgan fingerprint density at radius 2 is 2.08 bits per heavy atom. The van der Waals surface area contributed by atoms with Gasteiger partial charge < -0.3 is 5.32 Å². The minimum absolute atomic E-state index is 0.0838. The molecule has 1 aliphatic heterocycles. The van der Waals surface area contributed by atoms with Crippen LogP contribution < -0.4 is 5.32 Å². The standard InChI is InChI=1S/C6H7F4NO/c7-4(6(8,9)10)3-1-2-11-5(3)12/h3-4H,1-2H2,(H,11,12). The Morgan fingerprint density at radius 3 is 2.42 bits per heavy atom. The van der Waals surface area contributed by atoms with Crippen molar-refractivity contribution in [1.82, 2.24) is 5.32 Å². The zero-order valence-corrected chi connectivity index (χ0v) is 5.99. The van der Waals surface area contributed by atoms with Gasteiger partial charge >= 0.3 is 6.18 Å². The van der Waals surface area contributed by atoms with Crippen LogP contribution >= 0.6 is 0 Å². The molecule has 2 atom stereocenters. The molecule has 0 aromatic carbocycles. The van der Waals surface area contributed by atoms with Crippen molar-refractivity contribution >= 4 is 5.91 Å². The topological polar surface area (TPSA) is 29.1 Å². The smallest absolute Gasteiger partial charge is 0.356 e. The number of rotatable bonds is 1. The minimum atomic E-state index is -4.92. The SMILES string of the molecule is O=C1NCCC1C(F)C(F)(F)F. The molecule has 0 radical (unpaired) electrons. The summed E-state index contributed by atoms with van der Waals surface area (Å²) in [5, 5.41) is 2.14. The zero-order chi connectivity index (χ0) is 9.35. The summed E-state index contributed by atoms with van der Waals surface area (Å²) in [6, 6.07) is 0. The molecule has 0 aliphatic carbocycles. The number of alkyl halides is 4. The van der Waals surface area contributed by atoms with Gasteiger partial charge in [-0.2, -0.15) is 13.2 Å². The summed E-state index contributed by atoms with van der Waals surface area (Å²) in [4.78, 5) is 10.6. The van der Waals surface area contributed by atoms with Gasteiger partial charge in [0.15, 0.2) is 0 Å². The first-order valence-corrected chi connectivity index (χ1v) is 3.41. The van der Waals surface area contributed by atoms with Crippen molar-refractivity contribution in [3.8, 4) is 0 Å². The first-order valence-electron chi connectivity index (χ1n) is 3.41. The molecular weight excluding hydrogens is 178 g/mol. The summed E-state index contributed by atoms with van der Waals surface area (Å²) < 4.78 is 47.6. The van der Waals surface area contributed by atoms with Gasteiger partial charge in [-0.05, 0) is 6.42 Å². The fourth-order valence-corrected chi connectivity index (χ4v) is 1.12. The number of hydrogen-bond donors (Lipinski definition) is 1. The molecule has 1 rings (SSSR count). The van der Waals surface area contributed by atoms with Crippen LogP contribution in [0.1, 0.15) is 6.42 Å². The fourth-order valence-electron chi connectivity index (χ4n) is 1.12. The van der Waals surface area contributed by atoms with Crippen molar-refractivity contribution in [3.63, 3.8) is 0 Å². The molecule has 1 heterocycles. The highest BCUT2D eigenvalue weighted by Gasteiger charge is 2.49. The lowest BCUT2D eigenvalue weighted by Gasteiger charge is -2.15. The van der Waals surface area contributed by atoms with Crippen LogP contribution in [0, 0.1) is 5.92 Å². The number of hydrogen-bond acceptors (Lipinski definition) is 1. The van der Waals surface area contributed by atoms with Crippen molar-refractivity contribution in [1.29, 1.82) is 0 Å². The first kappa shape index (κ1) is 9.28. The van der Waals surface area contributed by atoms with Crippen LogP contribution in [0.5, 0.6) is 0 Å². The second kappa shape index (κ2) is 2.91. The molecule has 12 heavy (non-hydrogen) atoms. The third-order valence-electron chi connectivity index (χ3n) is 1.76. The molecule has 2 unspecified atom stereocenters. The molecule has 0 aromatic heterocycles. The lowest BCUT2D eigenvalue weighted by molar-refractivity contribution is -0.194. The van der Waals surface area contributed by atoms with Crippen LogP contribution in [0.4, 0.5) is 17.6 Å². The molecule has 0 aromatic rings. The van der Waals surface area contributed by atoms with E-state index in [2.05, 4.69) is 5.32 Å². The molecule has 1 N–H and O–H groups in total. The van der Waals surface area contributed by atoms with E-state index in [4.69, 9.17) is 0 Å². The van der Waals surface area contributed by atoms with Gasteiger partial charge in [0.1, 0.15) is 0 Å². The molecule has 1 fully saturated rings. The highest BCUT2D eigenvalue weighted by Crippen LogP contribution is 2.31. The van der Waals surface area contributed by atoms with Crippen molar-refractivity contribution in [3.05, 3.63) is 0 Å². The third kappa shape index (κ3) is 1.67. The highest BCUT2D eigenvalue weighted by atomic mass is 19.4. The molecule has 0 bridgehead atoms. The number of carbonyl (C=O) groups is 1. The lowest BCUT2D eigenvalue weighted by Crippen LogP contribution is -2.36. The summed E-state index contributed by atoms with van der Waals surface area (Å²) in [6.45, 7) is 0.125. The lowest BCUT2D eigenvalue weighted by atomic mass is 10.0. The van der Waals surface area contributed by atoms with E-state index >= 15 is 0 Å². The number of nitrogens with one attached hydrogen (secondary N) is 1. The summed E-state index contributed by atoms with van der Waals surface area (Å²) in [5.41, 5.74) is 0. The van der Waals surface area contributed by atoms with Crippen LogP contribution in [0.3, 0.4) is 0 Å². The number of halogens is 4. The molecular formula is C6H7F4NO. The maximum atomic E-state index is 12.5. The van der Waals surface area contributed by atoms with Gasteiger partial charge in [-0.3, -0.25) is 4.79 Å². The van der Waals surface area contributed by atoms with E-state index in [1.807, 2.05) is 0 Å². The molecule has 1 aliphatic rings. The summed E-state index contributed by atoms with van der Waals surface area (Å²) in [6.07, 6.45) is -8.04. The second-order valence-electron chi connectivity index (χ2n) is 2.63. The van der Waals surface area contributed by atoms with Crippen LogP contribution in [-0.2, 0) is 4.79 Å². The van der Waals surface area contributed by atoms with Crippen LogP contribution in [0.2, 0.25) is 0 Å². The molecule has 0 saturated carbocycles. The summed E-state index contributed by atoms with van der Waals surface area (Å²) in [7, 11) is 0. The Balaban J connectivity index is 2.63. The van der Waals surface area contributed by atoms with Gasteiger partial charge in [0.2, 0.25) is 12.1 Å². The maximum absolute atomic E-state index is 12.5. The van der Waals surface area contributed by atoms with E-state index in [0.29, 0.717) is 0 Å². The zero-order valence-electron chi connectivity index (χ0n) is 5.99. The summed E-state index contributed by atoms with van der Waals surface area (Å²) in [5.74, 6) is -2.40. The summed E-state index contributed by atoms with van der Waals surface area (Å²) >= 11 is 0.